The summed E-state index contributed by atoms with van der Waals surface area (Å²) in [5.74, 6) is 0.751. The molecule has 0 bridgehead atoms. The van der Waals surface area contributed by atoms with Crippen molar-refractivity contribution in [2.45, 2.75) is 13.1 Å². The Labute approximate surface area is 105 Å². The maximum absolute atomic E-state index is 12.4. The predicted octanol–water partition coefficient (Wildman–Crippen LogP) is 2.78. The van der Waals surface area contributed by atoms with Gasteiger partial charge in [-0.05, 0) is 30.7 Å². The standard InChI is InChI=1S/C14H14N2O2/c1-9-5-3-6-10-12(9)14(17)16(2)13(15-10)11-7-4-8-18-11/h3-8,13,15H,1-2H3/t13-/m0/s1. The molecule has 0 radical (unpaired) electrons. The Hall–Kier alpha value is -2.23. The van der Waals surface area contributed by atoms with Crippen LogP contribution in [0.2, 0.25) is 0 Å². The molecule has 92 valence electrons. The van der Waals surface area contributed by atoms with Gasteiger partial charge in [0.2, 0.25) is 0 Å². The zero-order chi connectivity index (χ0) is 12.7. The number of aryl methyl sites for hydroxylation is 1. The summed E-state index contributed by atoms with van der Waals surface area (Å²) in [4.78, 5) is 14.0. The lowest BCUT2D eigenvalue weighted by Gasteiger charge is -2.34. The van der Waals surface area contributed by atoms with Crippen LogP contribution in [-0.2, 0) is 0 Å². The Morgan fingerprint density at radius 3 is 2.83 bits per heavy atom. The van der Waals surface area contributed by atoms with Crippen LogP contribution >= 0.6 is 0 Å². The van der Waals surface area contributed by atoms with Crippen molar-refractivity contribution in [2.75, 3.05) is 12.4 Å². The molecule has 0 unspecified atom stereocenters. The summed E-state index contributed by atoms with van der Waals surface area (Å²) in [6.07, 6.45) is 1.36. The number of benzene rings is 1. The first-order valence-electron chi connectivity index (χ1n) is 5.85. The molecule has 4 heteroatoms. The lowest BCUT2D eigenvalue weighted by atomic mass is 10.0. The van der Waals surface area contributed by atoms with E-state index < -0.39 is 0 Å². The fourth-order valence-electron chi connectivity index (χ4n) is 2.32. The average molecular weight is 242 g/mol. The number of carbonyl (C=O) groups excluding carboxylic acids is 1. The third-order valence-electron chi connectivity index (χ3n) is 3.30. The second-order valence-corrected chi connectivity index (χ2v) is 4.48. The summed E-state index contributed by atoms with van der Waals surface area (Å²) >= 11 is 0. The fourth-order valence-corrected chi connectivity index (χ4v) is 2.32. The van der Waals surface area contributed by atoms with E-state index in [1.807, 2.05) is 37.3 Å². The topological polar surface area (TPSA) is 45.5 Å². The number of anilines is 1. The average Bonchev–Trinajstić information content (AvgIpc) is 2.87. The van der Waals surface area contributed by atoms with E-state index >= 15 is 0 Å². The predicted molar refractivity (Wildman–Crippen MR) is 68.3 cm³/mol. The SMILES string of the molecule is Cc1cccc2c1C(=O)N(C)[C@@H](c1ccco1)N2. The van der Waals surface area contributed by atoms with Gasteiger partial charge in [0.25, 0.3) is 5.91 Å². The second-order valence-electron chi connectivity index (χ2n) is 4.48. The van der Waals surface area contributed by atoms with Crippen molar-refractivity contribution in [1.82, 2.24) is 4.90 Å². The Bertz CT molecular complexity index is 590. The molecule has 1 aromatic carbocycles. The molecule has 1 aliphatic heterocycles. The van der Waals surface area contributed by atoms with E-state index in [1.165, 1.54) is 0 Å². The molecule has 1 amide bonds. The number of hydrogen-bond donors (Lipinski definition) is 1. The highest BCUT2D eigenvalue weighted by molar-refractivity contribution is 6.02. The van der Waals surface area contributed by atoms with E-state index in [9.17, 15) is 4.79 Å². The fraction of sp³-hybridized carbons (Fsp3) is 0.214. The third-order valence-corrected chi connectivity index (χ3v) is 3.30. The first kappa shape index (κ1) is 10.9. The molecule has 2 aromatic rings. The molecule has 0 aliphatic carbocycles. The van der Waals surface area contributed by atoms with Crippen LogP contribution in [0.5, 0.6) is 0 Å². The van der Waals surface area contributed by atoms with Gasteiger partial charge in [-0.15, -0.1) is 0 Å². The molecule has 1 atom stereocenters. The van der Waals surface area contributed by atoms with Gasteiger partial charge >= 0.3 is 0 Å². The number of rotatable bonds is 1. The largest absolute Gasteiger partial charge is 0.465 e. The Morgan fingerprint density at radius 2 is 2.11 bits per heavy atom. The van der Waals surface area contributed by atoms with Gasteiger partial charge in [0.05, 0.1) is 11.8 Å². The van der Waals surface area contributed by atoms with Gasteiger partial charge in [0.1, 0.15) is 5.76 Å². The van der Waals surface area contributed by atoms with Gasteiger partial charge in [-0.3, -0.25) is 4.79 Å². The zero-order valence-corrected chi connectivity index (χ0v) is 10.3. The highest BCUT2D eigenvalue weighted by Gasteiger charge is 2.32. The van der Waals surface area contributed by atoms with Gasteiger partial charge < -0.3 is 14.6 Å². The molecule has 4 nitrogen and oxygen atoms in total. The number of furan rings is 1. The summed E-state index contributed by atoms with van der Waals surface area (Å²) in [6, 6.07) is 9.49. The molecule has 3 rings (SSSR count). The summed E-state index contributed by atoms with van der Waals surface area (Å²) < 4.78 is 5.38. The lowest BCUT2D eigenvalue weighted by molar-refractivity contribution is 0.0718. The number of hydrogen-bond acceptors (Lipinski definition) is 3. The monoisotopic (exact) mass is 242 g/mol. The molecule has 0 spiro atoms. The second kappa shape index (κ2) is 3.91. The number of carbonyl (C=O) groups is 1. The van der Waals surface area contributed by atoms with Crippen LogP contribution in [0.4, 0.5) is 5.69 Å². The number of nitrogens with one attached hydrogen (secondary N) is 1. The van der Waals surface area contributed by atoms with Crippen LogP contribution in [0.1, 0.15) is 27.8 Å². The highest BCUT2D eigenvalue weighted by Crippen LogP contribution is 2.33. The van der Waals surface area contributed by atoms with Gasteiger partial charge in [-0.25, -0.2) is 0 Å². The van der Waals surface area contributed by atoms with Crippen molar-refractivity contribution in [2.24, 2.45) is 0 Å². The van der Waals surface area contributed by atoms with Gasteiger partial charge in [-0.1, -0.05) is 12.1 Å². The van der Waals surface area contributed by atoms with Crippen LogP contribution in [0, 0.1) is 6.92 Å². The van der Waals surface area contributed by atoms with E-state index in [-0.39, 0.29) is 12.1 Å². The first-order chi connectivity index (χ1) is 8.68. The summed E-state index contributed by atoms with van der Waals surface area (Å²) in [5.41, 5.74) is 2.58. The van der Waals surface area contributed by atoms with Gasteiger partial charge in [0, 0.05) is 12.7 Å². The maximum Gasteiger partial charge on any atom is 0.257 e. The van der Waals surface area contributed by atoms with E-state index in [1.54, 1.807) is 18.2 Å². The Balaban J connectivity index is 2.08. The maximum atomic E-state index is 12.4. The summed E-state index contributed by atoms with van der Waals surface area (Å²) in [6.45, 7) is 1.94. The van der Waals surface area contributed by atoms with E-state index in [4.69, 9.17) is 4.42 Å². The van der Waals surface area contributed by atoms with Crippen LogP contribution in [0.25, 0.3) is 0 Å². The number of fused-ring (bicyclic) bond motifs is 1. The van der Waals surface area contributed by atoms with Crippen LogP contribution < -0.4 is 5.32 Å². The first-order valence-corrected chi connectivity index (χ1v) is 5.85. The molecule has 0 fully saturated rings. The quantitative estimate of drug-likeness (QED) is 0.836. The van der Waals surface area contributed by atoms with Gasteiger partial charge in [0.15, 0.2) is 6.17 Å². The van der Waals surface area contributed by atoms with Crippen molar-refractivity contribution in [3.05, 3.63) is 53.5 Å². The van der Waals surface area contributed by atoms with E-state index in [0.29, 0.717) is 0 Å². The smallest absolute Gasteiger partial charge is 0.257 e. The van der Waals surface area contributed by atoms with Crippen LogP contribution in [0.3, 0.4) is 0 Å². The molecular weight excluding hydrogens is 228 g/mol. The lowest BCUT2D eigenvalue weighted by Crippen LogP contribution is -2.40. The minimum absolute atomic E-state index is 0.0169. The highest BCUT2D eigenvalue weighted by atomic mass is 16.3. The Morgan fingerprint density at radius 1 is 1.28 bits per heavy atom. The molecule has 2 heterocycles. The molecule has 1 aromatic heterocycles. The Kier molecular flexibility index (Phi) is 2.37. The van der Waals surface area contributed by atoms with E-state index in [0.717, 1.165) is 22.6 Å². The summed E-state index contributed by atoms with van der Waals surface area (Å²) in [5, 5.41) is 3.33. The molecular formula is C14H14N2O2. The molecule has 18 heavy (non-hydrogen) atoms. The zero-order valence-electron chi connectivity index (χ0n) is 10.3. The van der Waals surface area contributed by atoms with Crippen molar-refractivity contribution < 1.29 is 9.21 Å². The summed E-state index contributed by atoms with van der Waals surface area (Å²) in [7, 11) is 1.78. The minimum Gasteiger partial charge on any atom is -0.465 e. The van der Waals surface area contributed by atoms with E-state index in [2.05, 4.69) is 5.32 Å². The van der Waals surface area contributed by atoms with Crippen molar-refractivity contribution in [3.63, 3.8) is 0 Å². The molecule has 1 aliphatic rings. The number of nitrogens with zero attached hydrogens (tertiary/aromatic N) is 1. The van der Waals surface area contributed by atoms with Gasteiger partial charge in [-0.2, -0.15) is 0 Å². The minimum atomic E-state index is -0.248. The normalized spacial score (nSPS) is 18.4. The van der Waals surface area contributed by atoms with Crippen LogP contribution in [-0.4, -0.2) is 17.9 Å². The third kappa shape index (κ3) is 1.49. The van der Waals surface area contributed by atoms with Crippen molar-refractivity contribution in [3.8, 4) is 0 Å². The molecule has 0 saturated carbocycles. The molecule has 0 saturated heterocycles. The number of amides is 1. The van der Waals surface area contributed by atoms with Crippen molar-refractivity contribution >= 4 is 11.6 Å². The van der Waals surface area contributed by atoms with Crippen LogP contribution in [0.15, 0.2) is 41.0 Å². The van der Waals surface area contributed by atoms with Crippen molar-refractivity contribution in [1.29, 1.82) is 0 Å². The molecule has 1 N–H and O–H groups in total.